The Balaban J connectivity index is 1.66. The van der Waals surface area contributed by atoms with Gasteiger partial charge in [0.05, 0.1) is 18.8 Å². The van der Waals surface area contributed by atoms with Gasteiger partial charge >= 0.3 is 0 Å². The second-order valence-electron chi connectivity index (χ2n) is 7.17. The SMILES string of the molecule is CCNC(=NCc1ccc(-n2ccnc2C)c(F)c1)Nc1cccc(OCCCOC)c1. The van der Waals surface area contributed by atoms with E-state index in [0.29, 0.717) is 38.0 Å². The molecule has 0 unspecified atom stereocenters. The normalized spacial score (nSPS) is 11.4. The van der Waals surface area contributed by atoms with E-state index in [1.807, 2.05) is 44.2 Å². The number of methoxy groups -OCH3 is 1. The summed E-state index contributed by atoms with van der Waals surface area (Å²) >= 11 is 0. The lowest BCUT2D eigenvalue weighted by Gasteiger charge is -2.13. The van der Waals surface area contributed by atoms with Crippen molar-refractivity contribution < 1.29 is 13.9 Å². The van der Waals surface area contributed by atoms with Gasteiger partial charge in [-0.1, -0.05) is 12.1 Å². The molecule has 2 N–H and O–H groups in total. The van der Waals surface area contributed by atoms with Crippen molar-refractivity contribution in [2.75, 3.05) is 32.2 Å². The summed E-state index contributed by atoms with van der Waals surface area (Å²) in [5.74, 6) is 1.81. The number of hydrogen-bond acceptors (Lipinski definition) is 4. The lowest BCUT2D eigenvalue weighted by molar-refractivity contribution is 0.172. The first-order chi connectivity index (χ1) is 15.6. The third-order valence-electron chi connectivity index (χ3n) is 4.72. The Labute approximate surface area is 188 Å². The molecule has 0 aliphatic carbocycles. The van der Waals surface area contributed by atoms with Gasteiger partial charge in [-0.05, 0) is 43.7 Å². The van der Waals surface area contributed by atoms with Gasteiger partial charge in [-0.2, -0.15) is 0 Å². The summed E-state index contributed by atoms with van der Waals surface area (Å²) in [5, 5.41) is 6.49. The summed E-state index contributed by atoms with van der Waals surface area (Å²) < 4.78 is 27.2. The minimum Gasteiger partial charge on any atom is -0.493 e. The molecular weight excluding hydrogens is 409 g/mol. The van der Waals surface area contributed by atoms with Gasteiger partial charge in [-0.3, -0.25) is 0 Å². The number of ether oxygens (including phenoxy) is 2. The molecule has 0 fully saturated rings. The van der Waals surface area contributed by atoms with Crippen LogP contribution in [0, 0.1) is 12.7 Å². The van der Waals surface area contributed by atoms with Crippen LogP contribution in [0.3, 0.4) is 0 Å². The van der Waals surface area contributed by atoms with E-state index in [-0.39, 0.29) is 5.82 Å². The highest BCUT2D eigenvalue weighted by molar-refractivity contribution is 5.93. The van der Waals surface area contributed by atoms with Gasteiger partial charge in [0.15, 0.2) is 5.96 Å². The predicted octanol–water partition coefficient (Wildman–Crippen LogP) is 4.31. The van der Waals surface area contributed by atoms with Gasteiger partial charge < -0.3 is 24.7 Å². The van der Waals surface area contributed by atoms with E-state index in [2.05, 4.69) is 20.6 Å². The Kier molecular flexibility index (Phi) is 8.62. The van der Waals surface area contributed by atoms with Crippen LogP contribution in [-0.2, 0) is 11.3 Å². The fraction of sp³-hybridized carbons (Fsp3) is 0.333. The molecule has 0 radical (unpaired) electrons. The van der Waals surface area contributed by atoms with Gasteiger partial charge in [0.2, 0.25) is 0 Å². The smallest absolute Gasteiger partial charge is 0.196 e. The molecule has 0 spiro atoms. The van der Waals surface area contributed by atoms with Crippen LogP contribution in [-0.4, -0.2) is 42.4 Å². The Morgan fingerprint density at radius 1 is 1.19 bits per heavy atom. The van der Waals surface area contributed by atoms with E-state index in [1.54, 1.807) is 30.1 Å². The largest absolute Gasteiger partial charge is 0.493 e. The quantitative estimate of drug-likeness (QED) is 0.280. The summed E-state index contributed by atoms with van der Waals surface area (Å²) in [4.78, 5) is 8.75. The van der Waals surface area contributed by atoms with Crippen LogP contribution in [0.5, 0.6) is 5.75 Å². The van der Waals surface area contributed by atoms with E-state index in [4.69, 9.17) is 9.47 Å². The summed E-state index contributed by atoms with van der Waals surface area (Å²) in [6.07, 6.45) is 4.23. The fourth-order valence-corrected chi connectivity index (χ4v) is 3.15. The summed E-state index contributed by atoms with van der Waals surface area (Å²) in [6.45, 7) is 6.12. The molecule has 0 saturated heterocycles. The molecule has 0 amide bonds. The van der Waals surface area contributed by atoms with Crippen molar-refractivity contribution >= 4 is 11.6 Å². The zero-order valence-electron chi connectivity index (χ0n) is 18.8. The molecule has 170 valence electrons. The molecule has 2 aromatic carbocycles. The van der Waals surface area contributed by atoms with Crippen LogP contribution in [0.25, 0.3) is 5.69 Å². The first kappa shape index (κ1) is 23.3. The Hall–Kier alpha value is -3.39. The molecule has 0 atom stereocenters. The fourth-order valence-electron chi connectivity index (χ4n) is 3.15. The number of anilines is 1. The minimum absolute atomic E-state index is 0.310. The second kappa shape index (κ2) is 11.9. The Morgan fingerprint density at radius 3 is 2.78 bits per heavy atom. The van der Waals surface area contributed by atoms with E-state index in [0.717, 1.165) is 29.2 Å². The standard InChI is InChI=1S/C24H30FN5O2/c1-4-26-24(29-20-7-5-8-21(16-20)32-14-6-13-31-3)28-17-19-9-10-23(22(25)15-19)30-12-11-27-18(30)2/h5,7-12,15-16H,4,6,13-14,17H2,1-3H3,(H2,26,28,29). The van der Waals surface area contributed by atoms with E-state index < -0.39 is 0 Å². The number of imidazole rings is 1. The van der Waals surface area contributed by atoms with Gasteiger partial charge in [0, 0.05) is 50.8 Å². The van der Waals surface area contributed by atoms with Gasteiger partial charge in [-0.15, -0.1) is 0 Å². The van der Waals surface area contributed by atoms with Gasteiger partial charge in [-0.25, -0.2) is 14.4 Å². The predicted molar refractivity (Wildman–Crippen MR) is 125 cm³/mol. The zero-order valence-corrected chi connectivity index (χ0v) is 18.8. The molecule has 8 heteroatoms. The zero-order chi connectivity index (χ0) is 22.8. The maximum atomic E-state index is 14.7. The average molecular weight is 440 g/mol. The van der Waals surface area contributed by atoms with Crippen molar-refractivity contribution in [1.29, 1.82) is 0 Å². The summed E-state index contributed by atoms with van der Waals surface area (Å²) in [7, 11) is 1.68. The van der Waals surface area contributed by atoms with Crippen LogP contribution in [0.2, 0.25) is 0 Å². The first-order valence-electron chi connectivity index (χ1n) is 10.7. The number of rotatable bonds is 10. The number of guanidine groups is 1. The van der Waals surface area contributed by atoms with E-state index in [9.17, 15) is 4.39 Å². The molecule has 0 aliphatic heterocycles. The number of aliphatic imine (C=N–C) groups is 1. The van der Waals surface area contributed by atoms with Crippen LogP contribution < -0.4 is 15.4 Å². The topological polar surface area (TPSA) is 72.7 Å². The van der Waals surface area contributed by atoms with Crippen molar-refractivity contribution in [3.8, 4) is 11.4 Å². The monoisotopic (exact) mass is 439 g/mol. The van der Waals surface area contributed by atoms with E-state index >= 15 is 0 Å². The number of hydrogen-bond donors (Lipinski definition) is 2. The van der Waals surface area contributed by atoms with Crippen molar-refractivity contribution in [2.45, 2.75) is 26.8 Å². The average Bonchev–Trinajstić information content (AvgIpc) is 3.21. The lowest BCUT2D eigenvalue weighted by atomic mass is 10.2. The Bertz CT molecular complexity index is 1030. The number of aromatic nitrogens is 2. The Morgan fingerprint density at radius 2 is 2.06 bits per heavy atom. The van der Waals surface area contributed by atoms with E-state index in [1.165, 1.54) is 6.07 Å². The molecule has 0 aliphatic rings. The highest BCUT2D eigenvalue weighted by Crippen LogP contribution is 2.19. The molecule has 3 rings (SSSR count). The number of benzene rings is 2. The summed E-state index contributed by atoms with van der Waals surface area (Å²) in [5.41, 5.74) is 2.10. The van der Waals surface area contributed by atoms with Crippen LogP contribution in [0.1, 0.15) is 24.7 Å². The highest BCUT2D eigenvalue weighted by atomic mass is 19.1. The number of aryl methyl sites for hydroxylation is 1. The molecule has 3 aromatic rings. The molecule has 32 heavy (non-hydrogen) atoms. The first-order valence-corrected chi connectivity index (χ1v) is 10.7. The molecule has 7 nitrogen and oxygen atoms in total. The third kappa shape index (κ3) is 6.55. The summed E-state index contributed by atoms with van der Waals surface area (Å²) in [6, 6.07) is 12.8. The third-order valence-corrected chi connectivity index (χ3v) is 4.72. The van der Waals surface area contributed by atoms with Crippen molar-refractivity contribution in [1.82, 2.24) is 14.9 Å². The van der Waals surface area contributed by atoms with Crippen LogP contribution >= 0.6 is 0 Å². The van der Waals surface area contributed by atoms with Crippen molar-refractivity contribution in [2.24, 2.45) is 4.99 Å². The van der Waals surface area contributed by atoms with Crippen molar-refractivity contribution in [3.63, 3.8) is 0 Å². The number of nitrogens with zero attached hydrogens (tertiary/aromatic N) is 3. The lowest BCUT2D eigenvalue weighted by Crippen LogP contribution is -2.30. The second-order valence-corrected chi connectivity index (χ2v) is 7.17. The van der Waals surface area contributed by atoms with Gasteiger partial charge in [0.1, 0.15) is 17.4 Å². The number of halogens is 1. The number of nitrogens with one attached hydrogen (secondary N) is 2. The minimum atomic E-state index is -0.310. The maximum Gasteiger partial charge on any atom is 0.196 e. The maximum absolute atomic E-state index is 14.7. The van der Waals surface area contributed by atoms with Crippen LogP contribution in [0.15, 0.2) is 59.9 Å². The molecule has 0 saturated carbocycles. The molecule has 1 aromatic heterocycles. The van der Waals surface area contributed by atoms with Crippen LogP contribution in [0.4, 0.5) is 10.1 Å². The molecular formula is C24H30FN5O2. The van der Waals surface area contributed by atoms with Crippen molar-refractivity contribution in [3.05, 3.63) is 72.1 Å². The molecule has 0 bridgehead atoms. The van der Waals surface area contributed by atoms with Gasteiger partial charge in [0.25, 0.3) is 0 Å². The molecule has 1 heterocycles. The highest BCUT2D eigenvalue weighted by Gasteiger charge is 2.08.